The molecule has 0 radical (unpaired) electrons. The zero-order chi connectivity index (χ0) is 41.0. The number of rotatable bonds is 1. The Labute approximate surface area is 355 Å². The molecule has 0 bridgehead atoms. The zero-order valence-electron chi connectivity index (χ0n) is 35.8. The molecule has 13 aromatic carbocycles. The summed E-state index contributed by atoms with van der Waals surface area (Å²) < 4.78 is 0. The van der Waals surface area contributed by atoms with Gasteiger partial charge in [-0.1, -0.05) is 163 Å². The van der Waals surface area contributed by atoms with Crippen molar-refractivity contribution >= 4 is 108 Å². The second-order valence-electron chi connectivity index (χ2n) is 20.4. The average Bonchev–Trinajstić information content (AvgIpc) is 3.89. The van der Waals surface area contributed by atoms with Gasteiger partial charge in [0.15, 0.2) is 0 Å². The van der Waals surface area contributed by atoms with E-state index in [1.54, 1.807) is 0 Å². The molecule has 0 saturated carbocycles. The molecule has 61 heavy (non-hydrogen) atoms. The SMILES string of the molecule is Cc1ccccc1-c1c2cc3ccccc3c3c4cc(C(C)(C)C)ccc4c(c4c5ccc6c7ccc8c9c(ccc(c%10ccc(c14)c5c%106)c97)-c1ccc(C(C)(C)C)cc1-8)c23. The zero-order valence-corrected chi connectivity index (χ0v) is 35.8. The molecule has 288 valence electrons. The summed E-state index contributed by atoms with van der Waals surface area (Å²) >= 11 is 0. The van der Waals surface area contributed by atoms with E-state index in [9.17, 15) is 0 Å². The quantitative estimate of drug-likeness (QED) is 0.115. The first-order valence-electron chi connectivity index (χ1n) is 22.1. The van der Waals surface area contributed by atoms with E-state index in [2.05, 4.69) is 188 Å². The Hall–Kier alpha value is -6.76. The summed E-state index contributed by atoms with van der Waals surface area (Å²) in [6, 6.07) is 54.8. The molecule has 0 atom stereocenters. The van der Waals surface area contributed by atoms with E-state index >= 15 is 0 Å². The first-order valence-corrected chi connectivity index (χ1v) is 22.1. The summed E-state index contributed by atoms with van der Waals surface area (Å²) in [5.41, 5.74) is 12.3. The lowest BCUT2D eigenvalue weighted by Gasteiger charge is -2.20. The van der Waals surface area contributed by atoms with Gasteiger partial charge in [-0.3, -0.25) is 0 Å². The second kappa shape index (κ2) is 10.9. The average molecular weight is 777 g/mol. The maximum atomic E-state index is 2.52. The van der Waals surface area contributed by atoms with E-state index in [4.69, 9.17) is 0 Å². The highest BCUT2D eigenvalue weighted by molar-refractivity contribution is 6.52. The van der Waals surface area contributed by atoms with Crippen molar-refractivity contribution in [1.82, 2.24) is 0 Å². The van der Waals surface area contributed by atoms with Crippen LogP contribution >= 0.6 is 0 Å². The van der Waals surface area contributed by atoms with Crippen LogP contribution in [-0.4, -0.2) is 0 Å². The highest BCUT2D eigenvalue weighted by Gasteiger charge is 2.31. The molecule has 0 nitrogen and oxygen atoms in total. The van der Waals surface area contributed by atoms with E-state index in [1.807, 2.05) is 0 Å². The Balaban J connectivity index is 1.20. The van der Waals surface area contributed by atoms with Crippen molar-refractivity contribution in [2.75, 3.05) is 0 Å². The van der Waals surface area contributed by atoms with Crippen molar-refractivity contribution in [2.24, 2.45) is 0 Å². The molecular formula is C61H44. The van der Waals surface area contributed by atoms with Crippen molar-refractivity contribution in [3.05, 3.63) is 156 Å². The van der Waals surface area contributed by atoms with Crippen molar-refractivity contribution < 1.29 is 0 Å². The summed E-state index contributed by atoms with van der Waals surface area (Å²) in [5.74, 6) is 0. The predicted molar refractivity (Wildman–Crippen MR) is 267 cm³/mol. The summed E-state index contributed by atoms with van der Waals surface area (Å²) in [6.45, 7) is 16.3. The van der Waals surface area contributed by atoms with Crippen molar-refractivity contribution in [3.63, 3.8) is 0 Å². The van der Waals surface area contributed by atoms with Gasteiger partial charge >= 0.3 is 0 Å². The Morgan fingerprint density at radius 1 is 0.279 bits per heavy atom. The number of fused-ring (bicyclic) bond motifs is 14. The Morgan fingerprint density at radius 2 is 0.754 bits per heavy atom. The first kappa shape index (κ1) is 34.0. The molecule has 14 rings (SSSR count). The second-order valence-corrected chi connectivity index (χ2v) is 20.4. The van der Waals surface area contributed by atoms with Crippen LogP contribution in [0.5, 0.6) is 0 Å². The molecule has 1 aliphatic rings. The van der Waals surface area contributed by atoms with Gasteiger partial charge in [-0.15, -0.1) is 0 Å². The first-order chi connectivity index (χ1) is 29.5. The molecule has 1 aliphatic carbocycles. The van der Waals surface area contributed by atoms with E-state index < -0.39 is 0 Å². The van der Waals surface area contributed by atoms with Crippen LogP contribution in [0.2, 0.25) is 0 Å². The highest BCUT2D eigenvalue weighted by Crippen LogP contribution is 2.58. The molecule has 0 heterocycles. The molecule has 0 unspecified atom stereocenters. The van der Waals surface area contributed by atoms with Gasteiger partial charge in [0.25, 0.3) is 0 Å². The van der Waals surface area contributed by atoms with Crippen LogP contribution in [0, 0.1) is 6.92 Å². The van der Waals surface area contributed by atoms with Crippen molar-refractivity contribution in [3.8, 4) is 33.4 Å². The van der Waals surface area contributed by atoms with Crippen LogP contribution in [-0.2, 0) is 10.8 Å². The number of hydrogen-bond donors (Lipinski definition) is 0. The number of hydrogen-bond acceptors (Lipinski definition) is 0. The smallest absolute Gasteiger partial charge is 0.000695 e. The van der Waals surface area contributed by atoms with Crippen molar-refractivity contribution in [1.29, 1.82) is 0 Å². The number of aryl methyl sites for hydroxylation is 1. The van der Waals surface area contributed by atoms with Crippen LogP contribution < -0.4 is 0 Å². The lowest BCUT2D eigenvalue weighted by molar-refractivity contribution is 0.590. The molecule has 0 saturated heterocycles. The van der Waals surface area contributed by atoms with Gasteiger partial charge in [-0.05, 0) is 194 Å². The fourth-order valence-corrected chi connectivity index (χ4v) is 12.2. The number of benzene rings is 11. The molecule has 0 aromatic heterocycles. The van der Waals surface area contributed by atoms with Crippen LogP contribution in [0.4, 0.5) is 0 Å². The largest absolute Gasteiger partial charge is 0.0620 e. The monoisotopic (exact) mass is 776 g/mol. The summed E-state index contributed by atoms with van der Waals surface area (Å²) in [6.07, 6.45) is 0. The lowest BCUT2D eigenvalue weighted by Crippen LogP contribution is -2.10. The minimum Gasteiger partial charge on any atom is -0.0620 e. The van der Waals surface area contributed by atoms with E-state index in [1.165, 1.54) is 158 Å². The molecule has 0 amide bonds. The summed E-state index contributed by atoms with van der Waals surface area (Å²) in [5, 5.41) is 27.4. The van der Waals surface area contributed by atoms with Gasteiger partial charge < -0.3 is 0 Å². The molecule has 0 spiro atoms. The van der Waals surface area contributed by atoms with Gasteiger partial charge in [0, 0.05) is 0 Å². The predicted octanol–water partition coefficient (Wildman–Crippen LogP) is 17.7. The van der Waals surface area contributed by atoms with Gasteiger partial charge in [0.2, 0.25) is 0 Å². The Kier molecular flexibility index (Phi) is 6.10. The van der Waals surface area contributed by atoms with Crippen LogP contribution in [0.25, 0.3) is 141 Å². The maximum absolute atomic E-state index is 2.52. The van der Waals surface area contributed by atoms with Crippen molar-refractivity contribution in [2.45, 2.75) is 59.3 Å². The van der Waals surface area contributed by atoms with E-state index in [-0.39, 0.29) is 10.8 Å². The van der Waals surface area contributed by atoms with Gasteiger partial charge in [-0.25, -0.2) is 0 Å². The maximum Gasteiger partial charge on any atom is -0.000695 e. The van der Waals surface area contributed by atoms with Gasteiger partial charge in [0.1, 0.15) is 0 Å². The standard InChI is InChI=1S/C61H44/c1-31-12-8-10-14-35(31)50-49-28-32-13-9-11-15-36(32)51-48-30-34(61(5,6)7)17-19-44(48)56(59(49)51)58-46-27-25-42-40-22-23-43-47-29-33(60(2,3)4)16-18-37(47)38-20-21-39(53(40)52(38)43)41-24-26-45(57(50)58)55(46)54(41)42/h8-30H,1-7H3. The summed E-state index contributed by atoms with van der Waals surface area (Å²) in [4.78, 5) is 0. The van der Waals surface area contributed by atoms with Gasteiger partial charge in [0.05, 0.1) is 0 Å². The molecule has 13 aromatic rings. The fourth-order valence-electron chi connectivity index (χ4n) is 12.2. The third kappa shape index (κ3) is 4.07. The molecule has 0 heteroatoms. The Morgan fingerprint density at radius 3 is 1.48 bits per heavy atom. The normalized spacial score (nSPS) is 13.5. The van der Waals surface area contributed by atoms with E-state index in [0.717, 1.165) is 0 Å². The molecule has 0 aliphatic heterocycles. The van der Waals surface area contributed by atoms with E-state index in [0.29, 0.717) is 0 Å². The third-order valence-corrected chi connectivity index (χ3v) is 15.1. The highest BCUT2D eigenvalue weighted by atomic mass is 14.3. The molecular weight excluding hydrogens is 733 g/mol. The molecule has 0 N–H and O–H groups in total. The van der Waals surface area contributed by atoms with Crippen LogP contribution in [0.15, 0.2) is 140 Å². The fraction of sp³-hybridized carbons (Fsp3) is 0.148. The summed E-state index contributed by atoms with van der Waals surface area (Å²) in [7, 11) is 0. The minimum atomic E-state index is 0.0302. The van der Waals surface area contributed by atoms with Crippen LogP contribution in [0.1, 0.15) is 58.2 Å². The Bertz CT molecular complexity index is 4080. The van der Waals surface area contributed by atoms with Crippen LogP contribution in [0.3, 0.4) is 0 Å². The third-order valence-electron chi connectivity index (χ3n) is 15.1. The topological polar surface area (TPSA) is 0 Å². The lowest BCUT2D eigenvalue weighted by atomic mass is 9.85. The van der Waals surface area contributed by atoms with Gasteiger partial charge in [-0.2, -0.15) is 0 Å². The minimum absolute atomic E-state index is 0.0302. The molecule has 0 fully saturated rings.